The molecule has 0 aliphatic carbocycles. The molecule has 1 saturated heterocycles. The summed E-state index contributed by atoms with van der Waals surface area (Å²) in [5.41, 5.74) is 0.613. The van der Waals surface area contributed by atoms with Crippen LogP contribution in [0.5, 0.6) is 0 Å². The molecule has 1 N–H and O–H groups in total. The Labute approximate surface area is 128 Å². The second-order valence-corrected chi connectivity index (χ2v) is 5.49. The van der Waals surface area contributed by atoms with Gasteiger partial charge in [-0.15, -0.1) is 0 Å². The SMILES string of the molecule is CCC1C(=O)NCCN1C(=O)Cc1c(Cl)cccc1Cl. The molecule has 1 aromatic carbocycles. The highest BCUT2D eigenvalue weighted by molar-refractivity contribution is 6.36. The molecule has 108 valence electrons. The van der Waals surface area contributed by atoms with Gasteiger partial charge >= 0.3 is 0 Å². The predicted molar refractivity (Wildman–Crippen MR) is 79.0 cm³/mol. The Morgan fingerprint density at radius 1 is 1.40 bits per heavy atom. The first-order valence-corrected chi connectivity index (χ1v) is 7.30. The maximum Gasteiger partial charge on any atom is 0.242 e. The maximum atomic E-state index is 12.4. The third-order valence-corrected chi connectivity index (χ3v) is 4.14. The number of carbonyl (C=O) groups excluding carboxylic acids is 2. The largest absolute Gasteiger partial charge is 0.353 e. The molecule has 0 radical (unpaired) electrons. The molecule has 2 rings (SSSR count). The van der Waals surface area contributed by atoms with Crippen molar-refractivity contribution in [2.24, 2.45) is 0 Å². The molecule has 4 nitrogen and oxygen atoms in total. The monoisotopic (exact) mass is 314 g/mol. The second kappa shape index (κ2) is 6.46. The fourth-order valence-electron chi connectivity index (χ4n) is 2.37. The number of nitrogens with one attached hydrogen (secondary N) is 1. The molecule has 1 atom stereocenters. The zero-order valence-electron chi connectivity index (χ0n) is 11.2. The van der Waals surface area contributed by atoms with Crippen LogP contribution < -0.4 is 5.32 Å². The van der Waals surface area contributed by atoms with Gasteiger partial charge in [0.2, 0.25) is 11.8 Å². The molecule has 20 heavy (non-hydrogen) atoms. The van der Waals surface area contributed by atoms with E-state index in [0.717, 1.165) is 0 Å². The lowest BCUT2D eigenvalue weighted by Crippen LogP contribution is -2.57. The van der Waals surface area contributed by atoms with Gasteiger partial charge in [-0.25, -0.2) is 0 Å². The fraction of sp³-hybridized carbons (Fsp3) is 0.429. The highest BCUT2D eigenvalue weighted by Gasteiger charge is 2.31. The van der Waals surface area contributed by atoms with Crippen LogP contribution in [0.3, 0.4) is 0 Å². The van der Waals surface area contributed by atoms with E-state index in [2.05, 4.69) is 5.32 Å². The number of rotatable bonds is 3. The van der Waals surface area contributed by atoms with Gasteiger partial charge in [-0.1, -0.05) is 36.2 Å². The summed E-state index contributed by atoms with van der Waals surface area (Å²) < 4.78 is 0. The van der Waals surface area contributed by atoms with Gasteiger partial charge < -0.3 is 10.2 Å². The van der Waals surface area contributed by atoms with Crippen molar-refractivity contribution >= 4 is 35.0 Å². The normalized spacial score (nSPS) is 18.9. The fourth-order valence-corrected chi connectivity index (χ4v) is 2.90. The number of nitrogens with zero attached hydrogens (tertiary/aromatic N) is 1. The number of piperazine rings is 1. The van der Waals surface area contributed by atoms with Crippen molar-refractivity contribution < 1.29 is 9.59 Å². The lowest BCUT2D eigenvalue weighted by atomic mass is 10.1. The summed E-state index contributed by atoms with van der Waals surface area (Å²) in [7, 11) is 0. The smallest absolute Gasteiger partial charge is 0.242 e. The molecule has 1 aromatic rings. The quantitative estimate of drug-likeness (QED) is 0.930. The van der Waals surface area contributed by atoms with E-state index in [0.29, 0.717) is 35.1 Å². The Hall–Kier alpha value is -1.26. The van der Waals surface area contributed by atoms with E-state index < -0.39 is 6.04 Å². The van der Waals surface area contributed by atoms with Crippen molar-refractivity contribution in [3.8, 4) is 0 Å². The van der Waals surface area contributed by atoms with Crippen molar-refractivity contribution in [1.29, 1.82) is 0 Å². The molecule has 0 spiro atoms. The van der Waals surface area contributed by atoms with Crippen LogP contribution in [0.2, 0.25) is 10.0 Å². The van der Waals surface area contributed by atoms with Crippen LogP contribution in [-0.2, 0) is 16.0 Å². The van der Waals surface area contributed by atoms with Crippen LogP contribution in [-0.4, -0.2) is 35.8 Å². The van der Waals surface area contributed by atoms with E-state index in [1.165, 1.54) is 0 Å². The minimum Gasteiger partial charge on any atom is -0.353 e. The summed E-state index contributed by atoms with van der Waals surface area (Å²) in [4.78, 5) is 25.8. The molecule has 0 saturated carbocycles. The zero-order chi connectivity index (χ0) is 14.7. The first-order chi connectivity index (χ1) is 9.54. The molecule has 1 aliphatic rings. The summed E-state index contributed by atoms with van der Waals surface area (Å²) in [6, 6.07) is 4.74. The molecule has 1 heterocycles. The lowest BCUT2D eigenvalue weighted by Gasteiger charge is -2.34. The summed E-state index contributed by atoms with van der Waals surface area (Å²) in [6.07, 6.45) is 0.704. The highest BCUT2D eigenvalue weighted by Crippen LogP contribution is 2.25. The number of amides is 2. The second-order valence-electron chi connectivity index (χ2n) is 4.68. The van der Waals surface area contributed by atoms with Gasteiger partial charge in [-0.2, -0.15) is 0 Å². The van der Waals surface area contributed by atoms with E-state index in [9.17, 15) is 9.59 Å². The molecule has 6 heteroatoms. The van der Waals surface area contributed by atoms with Crippen LogP contribution in [0, 0.1) is 0 Å². The van der Waals surface area contributed by atoms with E-state index in [-0.39, 0.29) is 18.2 Å². The third kappa shape index (κ3) is 3.07. The van der Waals surface area contributed by atoms with Gasteiger partial charge in [0.15, 0.2) is 0 Å². The van der Waals surface area contributed by atoms with Gasteiger partial charge in [0, 0.05) is 23.1 Å². The number of hydrogen-bond donors (Lipinski definition) is 1. The van der Waals surface area contributed by atoms with Crippen LogP contribution in [0.1, 0.15) is 18.9 Å². The Kier molecular flexibility index (Phi) is 4.89. The minimum absolute atomic E-state index is 0.0997. The topological polar surface area (TPSA) is 49.4 Å². The first kappa shape index (κ1) is 15.1. The van der Waals surface area contributed by atoms with Crippen molar-refractivity contribution in [3.05, 3.63) is 33.8 Å². The van der Waals surface area contributed by atoms with E-state index in [4.69, 9.17) is 23.2 Å². The van der Waals surface area contributed by atoms with Gasteiger partial charge in [0.05, 0.1) is 6.42 Å². The van der Waals surface area contributed by atoms with Crippen LogP contribution in [0.25, 0.3) is 0 Å². The number of halogens is 2. The summed E-state index contributed by atoms with van der Waals surface area (Å²) in [5.74, 6) is -0.223. The Morgan fingerprint density at radius 2 is 2.05 bits per heavy atom. The summed E-state index contributed by atoms with van der Waals surface area (Å²) in [6.45, 7) is 2.89. The minimum atomic E-state index is -0.405. The number of benzene rings is 1. The van der Waals surface area contributed by atoms with Gasteiger partial charge in [-0.3, -0.25) is 9.59 Å². The summed E-state index contributed by atoms with van der Waals surface area (Å²) >= 11 is 12.2. The first-order valence-electron chi connectivity index (χ1n) is 6.54. The molecule has 1 unspecified atom stereocenters. The Morgan fingerprint density at radius 3 is 2.65 bits per heavy atom. The van der Waals surface area contributed by atoms with Gasteiger partial charge in [0.25, 0.3) is 0 Å². The van der Waals surface area contributed by atoms with Crippen LogP contribution in [0.15, 0.2) is 18.2 Å². The highest BCUT2D eigenvalue weighted by atomic mass is 35.5. The Balaban J connectivity index is 2.17. The molecule has 0 bridgehead atoms. The van der Waals surface area contributed by atoms with Crippen molar-refractivity contribution in [2.45, 2.75) is 25.8 Å². The van der Waals surface area contributed by atoms with Crippen molar-refractivity contribution in [3.63, 3.8) is 0 Å². The third-order valence-electron chi connectivity index (χ3n) is 3.43. The summed E-state index contributed by atoms with van der Waals surface area (Å²) in [5, 5.41) is 3.71. The maximum absolute atomic E-state index is 12.4. The van der Waals surface area contributed by atoms with E-state index >= 15 is 0 Å². The Bertz CT molecular complexity index is 514. The average molecular weight is 315 g/mol. The molecule has 1 fully saturated rings. The standard InChI is InChI=1S/C14H16Cl2N2O2/c1-2-12-14(20)17-6-7-18(12)13(19)8-9-10(15)4-3-5-11(9)16/h3-5,12H,2,6-8H2,1H3,(H,17,20). The molecule has 2 amide bonds. The van der Waals surface area contributed by atoms with Gasteiger partial charge in [0.1, 0.15) is 6.04 Å². The van der Waals surface area contributed by atoms with E-state index in [1.54, 1.807) is 23.1 Å². The lowest BCUT2D eigenvalue weighted by molar-refractivity contribution is -0.142. The van der Waals surface area contributed by atoms with Crippen molar-refractivity contribution in [2.75, 3.05) is 13.1 Å². The predicted octanol–water partition coefficient (Wildman–Crippen LogP) is 2.27. The molecular formula is C14H16Cl2N2O2. The van der Waals surface area contributed by atoms with E-state index in [1.807, 2.05) is 6.92 Å². The van der Waals surface area contributed by atoms with Crippen LogP contribution in [0.4, 0.5) is 0 Å². The van der Waals surface area contributed by atoms with Crippen LogP contribution >= 0.6 is 23.2 Å². The number of carbonyl (C=O) groups is 2. The number of hydrogen-bond acceptors (Lipinski definition) is 2. The molecule has 1 aliphatic heterocycles. The van der Waals surface area contributed by atoms with Crippen molar-refractivity contribution in [1.82, 2.24) is 10.2 Å². The average Bonchev–Trinajstić information content (AvgIpc) is 2.42. The molecular weight excluding hydrogens is 299 g/mol. The van der Waals surface area contributed by atoms with Gasteiger partial charge in [-0.05, 0) is 24.1 Å². The zero-order valence-corrected chi connectivity index (χ0v) is 12.7. The molecule has 0 aromatic heterocycles.